The SMILES string of the molecule is CNC(C)c1csc(N(C)Cc2csc(C)n2)n1. The van der Waals surface area contributed by atoms with Crippen molar-refractivity contribution in [2.75, 3.05) is 19.0 Å². The molecule has 6 heteroatoms. The molecule has 0 bridgehead atoms. The van der Waals surface area contributed by atoms with Gasteiger partial charge >= 0.3 is 0 Å². The van der Waals surface area contributed by atoms with E-state index >= 15 is 0 Å². The first-order valence-electron chi connectivity index (χ1n) is 5.85. The van der Waals surface area contributed by atoms with E-state index in [9.17, 15) is 0 Å². The first-order valence-corrected chi connectivity index (χ1v) is 7.61. The molecule has 0 aliphatic heterocycles. The number of aromatic nitrogens is 2. The molecular weight excluding hydrogens is 264 g/mol. The highest BCUT2D eigenvalue weighted by molar-refractivity contribution is 7.13. The summed E-state index contributed by atoms with van der Waals surface area (Å²) in [4.78, 5) is 11.3. The average Bonchev–Trinajstić information content (AvgIpc) is 2.97. The van der Waals surface area contributed by atoms with E-state index in [-0.39, 0.29) is 0 Å². The van der Waals surface area contributed by atoms with Gasteiger partial charge in [-0.3, -0.25) is 0 Å². The Balaban J connectivity index is 2.04. The molecule has 98 valence electrons. The second kappa shape index (κ2) is 5.77. The second-order valence-electron chi connectivity index (χ2n) is 4.28. The highest BCUT2D eigenvalue weighted by atomic mass is 32.1. The van der Waals surface area contributed by atoms with E-state index in [0.717, 1.165) is 28.1 Å². The summed E-state index contributed by atoms with van der Waals surface area (Å²) >= 11 is 3.37. The van der Waals surface area contributed by atoms with E-state index in [2.05, 4.69) is 44.9 Å². The maximum atomic E-state index is 4.64. The third kappa shape index (κ3) is 3.07. The molecule has 1 atom stereocenters. The Morgan fingerprint density at radius 3 is 2.72 bits per heavy atom. The Morgan fingerprint density at radius 2 is 2.11 bits per heavy atom. The molecule has 0 saturated heterocycles. The number of nitrogens with zero attached hydrogens (tertiary/aromatic N) is 3. The van der Waals surface area contributed by atoms with E-state index < -0.39 is 0 Å². The summed E-state index contributed by atoms with van der Waals surface area (Å²) < 4.78 is 0. The molecule has 0 radical (unpaired) electrons. The van der Waals surface area contributed by atoms with E-state index in [4.69, 9.17) is 0 Å². The lowest BCUT2D eigenvalue weighted by molar-refractivity contribution is 0.636. The first kappa shape index (κ1) is 13.5. The van der Waals surface area contributed by atoms with Gasteiger partial charge in [0.1, 0.15) is 0 Å². The van der Waals surface area contributed by atoms with Crippen molar-refractivity contribution in [3.8, 4) is 0 Å². The average molecular weight is 282 g/mol. The lowest BCUT2D eigenvalue weighted by Crippen LogP contribution is -2.17. The summed E-state index contributed by atoms with van der Waals surface area (Å²) in [6.07, 6.45) is 0. The van der Waals surface area contributed by atoms with Crippen LogP contribution in [0.15, 0.2) is 10.8 Å². The topological polar surface area (TPSA) is 41.0 Å². The van der Waals surface area contributed by atoms with Gasteiger partial charge in [-0.25, -0.2) is 9.97 Å². The molecule has 2 rings (SSSR count). The molecule has 1 unspecified atom stereocenters. The van der Waals surface area contributed by atoms with Crippen molar-refractivity contribution < 1.29 is 0 Å². The summed E-state index contributed by atoms with van der Waals surface area (Å²) in [5.41, 5.74) is 2.21. The second-order valence-corrected chi connectivity index (χ2v) is 6.18. The number of anilines is 1. The van der Waals surface area contributed by atoms with Gasteiger partial charge in [-0.2, -0.15) is 0 Å². The molecule has 0 fully saturated rings. The number of hydrogen-bond acceptors (Lipinski definition) is 6. The van der Waals surface area contributed by atoms with E-state index in [0.29, 0.717) is 6.04 Å². The van der Waals surface area contributed by atoms with Gasteiger partial charge in [-0.1, -0.05) is 0 Å². The van der Waals surface area contributed by atoms with Gasteiger partial charge in [0.15, 0.2) is 5.13 Å². The smallest absolute Gasteiger partial charge is 0.185 e. The minimum Gasteiger partial charge on any atom is -0.345 e. The molecule has 0 spiro atoms. The molecular formula is C12H18N4S2. The summed E-state index contributed by atoms with van der Waals surface area (Å²) in [5, 5.41) is 9.57. The van der Waals surface area contributed by atoms with Crippen LogP contribution in [0, 0.1) is 6.92 Å². The van der Waals surface area contributed by atoms with E-state index in [1.165, 1.54) is 0 Å². The van der Waals surface area contributed by atoms with Gasteiger partial charge in [-0.05, 0) is 20.9 Å². The first-order chi connectivity index (χ1) is 8.60. The van der Waals surface area contributed by atoms with Crippen LogP contribution in [0.25, 0.3) is 0 Å². The fraction of sp³-hybridized carbons (Fsp3) is 0.500. The number of thiazole rings is 2. The standard InChI is InChI=1S/C12H18N4S2/c1-8(13-3)11-7-18-12(15-11)16(4)5-10-6-17-9(2)14-10/h6-8,13H,5H2,1-4H3. The van der Waals surface area contributed by atoms with Crippen LogP contribution in [0.2, 0.25) is 0 Å². The number of rotatable bonds is 5. The van der Waals surface area contributed by atoms with Gasteiger partial charge in [0.25, 0.3) is 0 Å². The van der Waals surface area contributed by atoms with Gasteiger partial charge in [-0.15, -0.1) is 22.7 Å². The van der Waals surface area contributed by atoms with Crippen LogP contribution < -0.4 is 10.2 Å². The molecule has 0 saturated carbocycles. The molecule has 0 aliphatic carbocycles. The zero-order valence-corrected chi connectivity index (χ0v) is 12.7. The van der Waals surface area contributed by atoms with Gasteiger partial charge in [0, 0.05) is 23.8 Å². The molecule has 18 heavy (non-hydrogen) atoms. The van der Waals surface area contributed by atoms with Crippen molar-refractivity contribution in [3.63, 3.8) is 0 Å². The van der Waals surface area contributed by atoms with Crippen LogP contribution >= 0.6 is 22.7 Å². The number of hydrogen-bond donors (Lipinski definition) is 1. The lowest BCUT2D eigenvalue weighted by Gasteiger charge is -2.14. The van der Waals surface area contributed by atoms with Crippen LogP contribution in [0.1, 0.15) is 29.4 Å². The Labute approximate surface area is 116 Å². The molecule has 2 aromatic rings. The van der Waals surface area contributed by atoms with Crippen molar-refractivity contribution in [1.82, 2.24) is 15.3 Å². The Morgan fingerprint density at radius 1 is 1.33 bits per heavy atom. The Kier molecular flexibility index (Phi) is 4.31. The van der Waals surface area contributed by atoms with Crippen molar-refractivity contribution in [2.45, 2.75) is 26.4 Å². The highest BCUT2D eigenvalue weighted by Crippen LogP contribution is 2.24. The maximum Gasteiger partial charge on any atom is 0.185 e. The number of aryl methyl sites for hydroxylation is 1. The zero-order valence-electron chi connectivity index (χ0n) is 11.1. The van der Waals surface area contributed by atoms with Gasteiger partial charge in [0.05, 0.1) is 22.9 Å². The number of nitrogens with one attached hydrogen (secondary N) is 1. The van der Waals surface area contributed by atoms with Crippen LogP contribution in [-0.2, 0) is 6.54 Å². The fourth-order valence-electron chi connectivity index (χ4n) is 1.59. The molecule has 0 aromatic carbocycles. The third-order valence-corrected chi connectivity index (χ3v) is 4.57. The Bertz CT molecular complexity index is 506. The minimum atomic E-state index is 0.296. The van der Waals surface area contributed by atoms with E-state index in [1.807, 2.05) is 14.0 Å². The summed E-state index contributed by atoms with van der Waals surface area (Å²) in [5.74, 6) is 0. The largest absolute Gasteiger partial charge is 0.345 e. The predicted molar refractivity (Wildman–Crippen MR) is 78.5 cm³/mol. The molecule has 1 N–H and O–H groups in total. The monoisotopic (exact) mass is 282 g/mol. The van der Waals surface area contributed by atoms with Crippen molar-refractivity contribution >= 4 is 27.8 Å². The van der Waals surface area contributed by atoms with Gasteiger partial charge in [0.2, 0.25) is 0 Å². The van der Waals surface area contributed by atoms with Crippen molar-refractivity contribution in [3.05, 3.63) is 27.2 Å². The summed E-state index contributed by atoms with van der Waals surface area (Å²) in [6, 6.07) is 0.296. The molecule has 4 nitrogen and oxygen atoms in total. The maximum absolute atomic E-state index is 4.64. The normalized spacial score (nSPS) is 12.7. The van der Waals surface area contributed by atoms with Crippen LogP contribution in [-0.4, -0.2) is 24.1 Å². The van der Waals surface area contributed by atoms with Crippen molar-refractivity contribution in [2.24, 2.45) is 0 Å². The third-order valence-electron chi connectivity index (χ3n) is 2.78. The molecule has 0 aliphatic rings. The lowest BCUT2D eigenvalue weighted by atomic mass is 10.3. The van der Waals surface area contributed by atoms with Gasteiger partial charge < -0.3 is 10.2 Å². The van der Waals surface area contributed by atoms with E-state index in [1.54, 1.807) is 22.7 Å². The highest BCUT2D eigenvalue weighted by Gasteiger charge is 2.12. The zero-order chi connectivity index (χ0) is 13.1. The van der Waals surface area contributed by atoms with Crippen molar-refractivity contribution in [1.29, 1.82) is 0 Å². The van der Waals surface area contributed by atoms with Crippen LogP contribution in [0.3, 0.4) is 0 Å². The summed E-state index contributed by atoms with van der Waals surface area (Å²) in [6.45, 7) is 4.96. The quantitative estimate of drug-likeness (QED) is 0.915. The molecule has 2 heterocycles. The van der Waals surface area contributed by atoms with Crippen LogP contribution in [0.4, 0.5) is 5.13 Å². The fourth-order valence-corrected chi connectivity index (χ4v) is 3.08. The summed E-state index contributed by atoms with van der Waals surface area (Å²) in [7, 11) is 4.01. The molecule has 2 aromatic heterocycles. The minimum absolute atomic E-state index is 0.296. The molecule has 0 amide bonds. The predicted octanol–water partition coefficient (Wildman–Crippen LogP) is 2.82. The van der Waals surface area contributed by atoms with Crippen LogP contribution in [0.5, 0.6) is 0 Å². The Hall–Kier alpha value is -0.980.